The molecule has 0 atom stereocenters. The maximum Gasteiger partial charge on any atom is 0.298 e. The first-order chi connectivity index (χ1) is 10.3. The smallest absolute Gasteiger partial charge is 0.298 e. The Bertz CT molecular complexity index is 579. The summed E-state index contributed by atoms with van der Waals surface area (Å²) >= 11 is 0. The van der Waals surface area contributed by atoms with Crippen molar-refractivity contribution in [3.05, 3.63) is 24.3 Å². The van der Waals surface area contributed by atoms with E-state index in [1.54, 1.807) is 0 Å². The van der Waals surface area contributed by atoms with Crippen LogP contribution in [0.2, 0.25) is 0 Å². The average Bonchev–Trinajstić information content (AvgIpc) is 2.90. The van der Waals surface area contributed by atoms with E-state index in [9.17, 15) is 0 Å². The number of oxazole rings is 1. The van der Waals surface area contributed by atoms with Gasteiger partial charge in [0.1, 0.15) is 5.52 Å². The summed E-state index contributed by atoms with van der Waals surface area (Å²) in [6, 6.07) is 9.42. The van der Waals surface area contributed by atoms with Crippen molar-refractivity contribution in [3.63, 3.8) is 0 Å². The molecular formula is C16H22N4O. The number of para-hydroxylation sites is 2. The number of fused-ring (bicyclic) bond motifs is 1. The average molecular weight is 286 g/mol. The van der Waals surface area contributed by atoms with E-state index in [4.69, 9.17) is 4.42 Å². The highest BCUT2D eigenvalue weighted by Crippen LogP contribution is 2.27. The van der Waals surface area contributed by atoms with Crippen LogP contribution in [-0.2, 0) is 0 Å². The minimum absolute atomic E-state index is 0.666. The van der Waals surface area contributed by atoms with Crippen molar-refractivity contribution < 1.29 is 4.42 Å². The van der Waals surface area contributed by atoms with Gasteiger partial charge in [0.2, 0.25) is 0 Å². The van der Waals surface area contributed by atoms with E-state index in [-0.39, 0.29) is 0 Å². The highest BCUT2D eigenvalue weighted by atomic mass is 16.4. The molecule has 0 aliphatic carbocycles. The molecule has 4 rings (SSSR count). The number of piperazine rings is 1. The number of aromatic nitrogens is 1. The lowest BCUT2D eigenvalue weighted by molar-refractivity contribution is 0.0846. The van der Waals surface area contributed by atoms with Gasteiger partial charge in [-0.05, 0) is 18.7 Å². The standard InChI is InChI=1S/C16H22N4O/c1-2-18-7-9-19(10-8-18)13-11-20(12-13)16-17-14-5-3-4-6-15(14)21-16/h3-6,13H,2,7-12H2,1H3. The molecule has 1 aromatic heterocycles. The van der Waals surface area contributed by atoms with Crippen molar-refractivity contribution in [1.82, 2.24) is 14.8 Å². The van der Waals surface area contributed by atoms with Gasteiger partial charge in [-0.3, -0.25) is 4.90 Å². The minimum atomic E-state index is 0.666. The zero-order chi connectivity index (χ0) is 14.2. The molecule has 2 saturated heterocycles. The van der Waals surface area contributed by atoms with Gasteiger partial charge in [0.15, 0.2) is 5.58 Å². The maximum absolute atomic E-state index is 5.83. The zero-order valence-electron chi connectivity index (χ0n) is 12.5. The van der Waals surface area contributed by atoms with Gasteiger partial charge in [-0.1, -0.05) is 19.1 Å². The maximum atomic E-state index is 5.83. The highest BCUT2D eigenvalue weighted by Gasteiger charge is 2.35. The number of rotatable bonds is 3. The van der Waals surface area contributed by atoms with Crippen LogP contribution in [0.4, 0.5) is 6.01 Å². The van der Waals surface area contributed by atoms with Crippen LogP contribution in [0.5, 0.6) is 0 Å². The topological polar surface area (TPSA) is 35.8 Å². The largest absolute Gasteiger partial charge is 0.423 e. The Morgan fingerprint density at radius 3 is 2.62 bits per heavy atom. The van der Waals surface area contributed by atoms with E-state index in [0.29, 0.717) is 6.04 Å². The molecule has 2 fully saturated rings. The van der Waals surface area contributed by atoms with Crippen LogP contribution < -0.4 is 4.90 Å². The molecule has 1 aromatic carbocycles. The quantitative estimate of drug-likeness (QED) is 0.857. The van der Waals surface area contributed by atoms with Gasteiger partial charge < -0.3 is 14.2 Å². The second kappa shape index (κ2) is 5.31. The molecule has 2 aromatic rings. The van der Waals surface area contributed by atoms with Gasteiger partial charge in [-0.25, -0.2) is 0 Å². The fourth-order valence-electron chi connectivity index (χ4n) is 3.28. The molecular weight excluding hydrogens is 264 g/mol. The monoisotopic (exact) mass is 286 g/mol. The summed E-state index contributed by atoms with van der Waals surface area (Å²) in [5.41, 5.74) is 1.83. The second-order valence-electron chi connectivity index (χ2n) is 5.99. The van der Waals surface area contributed by atoms with Crippen LogP contribution >= 0.6 is 0 Å². The molecule has 5 heteroatoms. The van der Waals surface area contributed by atoms with Crippen LogP contribution in [0.3, 0.4) is 0 Å². The van der Waals surface area contributed by atoms with Gasteiger partial charge >= 0.3 is 0 Å². The van der Waals surface area contributed by atoms with E-state index in [1.165, 1.54) is 32.7 Å². The van der Waals surface area contributed by atoms with Crippen molar-refractivity contribution in [2.24, 2.45) is 0 Å². The fourth-order valence-corrected chi connectivity index (χ4v) is 3.28. The van der Waals surface area contributed by atoms with Crippen molar-refractivity contribution in [2.75, 3.05) is 50.7 Å². The molecule has 2 aliphatic heterocycles. The molecule has 2 aliphatic rings. The van der Waals surface area contributed by atoms with Crippen LogP contribution in [-0.4, -0.2) is 66.6 Å². The van der Waals surface area contributed by atoms with E-state index in [1.807, 2.05) is 24.3 Å². The Kier molecular flexibility index (Phi) is 3.31. The highest BCUT2D eigenvalue weighted by molar-refractivity contribution is 5.74. The molecule has 112 valence electrons. The Balaban J connectivity index is 1.36. The summed E-state index contributed by atoms with van der Waals surface area (Å²) < 4.78 is 5.83. The molecule has 0 amide bonds. The van der Waals surface area contributed by atoms with Gasteiger partial charge in [-0.2, -0.15) is 4.98 Å². The first kappa shape index (κ1) is 13.1. The van der Waals surface area contributed by atoms with E-state index in [0.717, 1.165) is 30.2 Å². The third kappa shape index (κ3) is 2.40. The van der Waals surface area contributed by atoms with E-state index < -0.39 is 0 Å². The zero-order valence-corrected chi connectivity index (χ0v) is 12.5. The molecule has 5 nitrogen and oxygen atoms in total. The first-order valence-corrected chi connectivity index (χ1v) is 7.90. The minimum Gasteiger partial charge on any atom is -0.423 e. The van der Waals surface area contributed by atoms with Crippen molar-refractivity contribution in [1.29, 1.82) is 0 Å². The third-order valence-electron chi connectivity index (χ3n) is 4.79. The molecule has 3 heterocycles. The van der Waals surface area contributed by atoms with Crippen LogP contribution in [0, 0.1) is 0 Å². The lowest BCUT2D eigenvalue weighted by Crippen LogP contribution is -2.63. The van der Waals surface area contributed by atoms with Gasteiger partial charge in [0, 0.05) is 45.3 Å². The predicted octanol–water partition coefficient (Wildman–Crippen LogP) is 1.65. The number of hydrogen-bond acceptors (Lipinski definition) is 5. The van der Waals surface area contributed by atoms with Crippen LogP contribution in [0.1, 0.15) is 6.92 Å². The fraction of sp³-hybridized carbons (Fsp3) is 0.562. The summed E-state index contributed by atoms with van der Waals surface area (Å²) in [6.07, 6.45) is 0. The van der Waals surface area contributed by atoms with Crippen molar-refractivity contribution in [2.45, 2.75) is 13.0 Å². The molecule has 0 saturated carbocycles. The van der Waals surface area contributed by atoms with E-state index in [2.05, 4.69) is 26.6 Å². The van der Waals surface area contributed by atoms with Gasteiger partial charge in [0.25, 0.3) is 6.01 Å². The molecule has 21 heavy (non-hydrogen) atoms. The summed E-state index contributed by atoms with van der Waals surface area (Å²) in [5.74, 6) is 0. The normalized spacial score (nSPS) is 21.9. The number of nitrogens with zero attached hydrogens (tertiary/aromatic N) is 4. The second-order valence-corrected chi connectivity index (χ2v) is 5.99. The predicted molar refractivity (Wildman–Crippen MR) is 83.7 cm³/mol. The Labute approximate surface area is 125 Å². The number of likely N-dealkylation sites (N-methyl/N-ethyl adjacent to an activating group) is 1. The van der Waals surface area contributed by atoms with Crippen molar-refractivity contribution in [3.8, 4) is 0 Å². The summed E-state index contributed by atoms with van der Waals surface area (Å²) in [7, 11) is 0. The van der Waals surface area contributed by atoms with Gasteiger partial charge in [-0.15, -0.1) is 0 Å². The summed E-state index contributed by atoms with van der Waals surface area (Å²) in [6.45, 7) is 10.3. The molecule has 0 N–H and O–H groups in total. The lowest BCUT2D eigenvalue weighted by atomic mass is 10.1. The lowest BCUT2D eigenvalue weighted by Gasteiger charge is -2.47. The Hall–Kier alpha value is -1.59. The van der Waals surface area contributed by atoms with Crippen LogP contribution in [0.15, 0.2) is 28.7 Å². The molecule has 0 unspecified atom stereocenters. The molecule has 0 spiro atoms. The molecule has 0 radical (unpaired) electrons. The number of hydrogen-bond donors (Lipinski definition) is 0. The number of anilines is 1. The van der Waals surface area contributed by atoms with Gasteiger partial charge in [0.05, 0.1) is 0 Å². The summed E-state index contributed by atoms with van der Waals surface area (Å²) in [4.78, 5) is 12.0. The first-order valence-electron chi connectivity index (χ1n) is 7.90. The molecule has 0 bridgehead atoms. The third-order valence-corrected chi connectivity index (χ3v) is 4.79. The van der Waals surface area contributed by atoms with E-state index >= 15 is 0 Å². The summed E-state index contributed by atoms with van der Waals surface area (Å²) in [5, 5.41) is 0. The SMILES string of the molecule is CCN1CCN(C2CN(c3nc4ccccc4o3)C2)CC1. The Morgan fingerprint density at radius 2 is 1.90 bits per heavy atom. The number of benzene rings is 1. The van der Waals surface area contributed by atoms with Crippen LogP contribution in [0.25, 0.3) is 11.1 Å². The Morgan fingerprint density at radius 1 is 1.14 bits per heavy atom. The van der Waals surface area contributed by atoms with Crippen molar-refractivity contribution >= 4 is 17.1 Å².